The van der Waals surface area contributed by atoms with Crippen molar-refractivity contribution in [2.45, 2.75) is 58.4 Å². The fraction of sp³-hybridized carbons (Fsp3) is 0.842. The van der Waals surface area contributed by atoms with E-state index in [2.05, 4.69) is 26.7 Å². The molecule has 0 aromatic carbocycles. The molecule has 2 aliphatic rings. The molecule has 1 aliphatic heterocycles. The maximum Gasteiger partial charge on any atom is 0.194 e. The third-order valence-electron chi connectivity index (χ3n) is 6.01. The number of guanidine groups is 1. The maximum atomic E-state index is 4.93. The molecule has 0 amide bonds. The number of nitrogens with zero attached hydrogens (tertiary/aromatic N) is 5. The highest BCUT2D eigenvalue weighted by Gasteiger charge is 2.39. The highest BCUT2D eigenvalue weighted by Crippen LogP contribution is 2.43. The first-order chi connectivity index (χ1) is 12.6. The zero-order valence-electron chi connectivity index (χ0n) is 16.6. The first-order valence-corrected chi connectivity index (χ1v) is 11.4. The second kappa shape index (κ2) is 9.11. The van der Waals surface area contributed by atoms with Crippen LogP contribution < -0.4 is 5.32 Å². The van der Waals surface area contributed by atoms with Crippen molar-refractivity contribution in [1.82, 2.24) is 25.0 Å². The van der Waals surface area contributed by atoms with Crippen LogP contribution in [-0.2, 0) is 13.6 Å². The van der Waals surface area contributed by atoms with Crippen LogP contribution in [0.25, 0.3) is 0 Å². The van der Waals surface area contributed by atoms with Gasteiger partial charge < -0.3 is 14.8 Å². The van der Waals surface area contributed by atoms with Gasteiger partial charge in [-0.1, -0.05) is 19.3 Å². The van der Waals surface area contributed by atoms with Crippen molar-refractivity contribution in [1.29, 1.82) is 0 Å². The SMILES string of the molecule is CSCCCNC(=NCc1nnc(C)n1C)N1CCC2(CCCCC2)C1. The Morgan fingerprint density at radius 1 is 1.23 bits per heavy atom. The Morgan fingerprint density at radius 3 is 2.73 bits per heavy atom. The summed E-state index contributed by atoms with van der Waals surface area (Å²) in [5, 5.41) is 12.0. The van der Waals surface area contributed by atoms with Crippen molar-refractivity contribution in [3.63, 3.8) is 0 Å². The van der Waals surface area contributed by atoms with Gasteiger partial charge in [-0.2, -0.15) is 11.8 Å². The zero-order valence-corrected chi connectivity index (χ0v) is 17.4. The minimum atomic E-state index is 0.543. The summed E-state index contributed by atoms with van der Waals surface area (Å²) >= 11 is 1.90. The maximum absolute atomic E-state index is 4.93. The third-order valence-corrected chi connectivity index (χ3v) is 6.71. The Hall–Kier alpha value is -1.24. The lowest BCUT2D eigenvalue weighted by Gasteiger charge is -2.33. The number of aliphatic imine (C=N–C) groups is 1. The molecule has 3 rings (SSSR count). The summed E-state index contributed by atoms with van der Waals surface area (Å²) in [4.78, 5) is 7.42. The van der Waals surface area contributed by atoms with E-state index in [1.807, 2.05) is 30.3 Å². The molecule has 6 nitrogen and oxygen atoms in total. The van der Waals surface area contributed by atoms with E-state index in [1.165, 1.54) is 57.2 Å². The Kier molecular flexibility index (Phi) is 6.84. The van der Waals surface area contributed by atoms with Crippen molar-refractivity contribution in [2.75, 3.05) is 31.6 Å². The Morgan fingerprint density at radius 2 is 2.04 bits per heavy atom. The van der Waals surface area contributed by atoms with Gasteiger partial charge in [-0.25, -0.2) is 4.99 Å². The molecule has 1 N–H and O–H groups in total. The summed E-state index contributed by atoms with van der Waals surface area (Å²) in [6.45, 7) is 5.85. The quantitative estimate of drug-likeness (QED) is 0.468. The summed E-state index contributed by atoms with van der Waals surface area (Å²) in [5.74, 6) is 4.12. The van der Waals surface area contributed by atoms with Crippen LogP contribution in [0.5, 0.6) is 0 Å². The summed E-state index contributed by atoms with van der Waals surface area (Å²) in [6.07, 6.45) is 11.7. The van der Waals surface area contributed by atoms with Crippen molar-refractivity contribution < 1.29 is 0 Å². The van der Waals surface area contributed by atoms with Crippen LogP contribution in [0.15, 0.2) is 4.99 Å². The molecular weight excluding hydrogens is 344 g/mol. The number of hydrogen-bond acceptors (Lipinski definition) is 4. The largest absolute Gasteiger partial charge is 0.356 e. The van der Waals surface area contributed by atoms with Crippen molar-refractivity contribution in [3.05, 3.63) is 11.6 Å². The molecule has 2 fully saturated rings. The molecule has 146 valence electrons. The number of thioether (sulfide) groups is 1. The van der Waals surface area contributed by atoms with E-state index >= 15 is 0 Å². The van der Waals surface area contributed by atoms with Gasteiger partial charge in [0.05, 0.1) is 0 Å². The normalized spacial score (nSPS) is 20.1. The molecule has 7 heteroatoms. The lowest BCUT2D eigenvalue weighted by atomic mass is 9.73. The van der Waals surface area contributed by atoms with E-state index in [9.17, 15) is 0 Å². The van der Waals surface area contributed by atoms with Crippen molar-refractivity contribution in [2.24, 2.45) is 17.5 Å². The van der Waals surface area contributed by atoms with Gasteiger partial charge in [0.15, 0.2) is 11.8 Å². The van der Waals surface area contributed by atoms with Crippen LogP contribution in [0, 0.1) is 12.3 Å². The predicted molar refractivity (Wildman–Crippen MR) is 110 cm³/mol. The van der Waals surface area contributed by atoms with Crippen LogP contribution in [-0.4, -0.2) is 57.3 Å². The molecule has 1 spiro atoms. The molecule has 26 heavy (non-hydrogen) atoms. The summed E-state index contributed by atoms with van der Waals surface area (Å²) < 4.78 is 2.03. The Bertz CT molecular complexity index is 605. The fourth-order valence-electron chi connectivity index (χ4n) is 4.24. The second-order valence-electron chi connectivity index (χ2n) is 7.87. The lowest BCUT2D eigenvalue weighted by Crippen LogP contribution is -2.42. The second-order valence-corrected chi connectivity index (χ2v) is 8.85. The topological polar surface area (TPSA) is 58.3 Å². The number of hydrogen-bond donors (Lipinski definition) is 1. The van der Waals surface area contributed by atoms with Crippen LogP contribution in [0.1, 0.15) is 56.6 Å². The van der Waals surface area contributed by atoms with E-state index in [1.54, 1.807) is 0 Å². The van der Waals surface area contributed by atoms with Gasteiger partial charge in [-0.15, -0.1) is 10.2 Å². The number of nitrogens with one attached hydrogen (secondary N) is 1. The van der Waals surface area contributed by atoms with Crippen molar-refractivity contribution in [3.8, 4) is 0 Å². The smallest absolute Gasteiger partial charge is 0.194 e. The first kappa shape index (κ1) is 19.5. The van der Waals surface area contributed by atoms with E-state index in [4.69, 9.17) is 4.99 Å². The molecule has 2 heterocycles. The molecule has 1 aromatic heterocycles. The molecular formula is C19H34N6S. The fourth-order valence-corrected chi connectivity index (χ4v) is 4.68. The lowest BCUT2D eigenvalue weighted by molar-refractivity contribution is 0.203. The number of aryl methyl sites for hydroxylation is 1. The van der Waals surface area contributed by atoms with Gasteiger partial charge in [0.25, 0.3) is 0 Å². The zero-order chi connectivity index (χ0) is 18.4. The Balaban J connectivity index is 1.66. The predicted octanol–water partition coefficient (Wildman–Crippen LogP) is 2.98. The molecule has 1 aliphatic carbocycles. The molecule has 0 atom stereocenters. The van der Waals surface area contributed by atoms with Gasteiger partial charge in [-0.05, 0) is 50.0 Å². The van der Waals surface area contributed by atoms with E-state index in [0.717, 1.165) is 30.7 Å². The summed E-state index contributed by atoms with van der Waals surface area (Å²) in [5.41, 5.74) is 0.543. The number of aromatic nitrogens is 3. The first-order valence-electron chi connectivity index (χ1n) is 10.0. The van der Waals surface area contributed by atoms with Crippen LogP contribution in [0.3, 0.4) is 0 Å². The monoisotopic (exact) mass is 378 g/mol. The van der Waals surface area contributed by atoms with Gasteiger partial charge in [0.1, 0.15) is 12.4 Å². The van der Waals surface area contributed by atoms with Crippen LogP contribution in [0.2, 0.25) is 0 Å². The molecule has 0 unspecified atom stereocenters. The standard InChI is InChI=1S/C19H34N6S/c1-16-22-23-17(24(16)2)14-21-18(20-11-7-13-26-3)25-12-10-19(15-25)8-5-4-6-9-19/h4-15H2,1-3H3,(H,20,21). The summed E-state index contributed by atoms with van der Waals surface area (Å²) in [7, 11) is 2.01. The number of likely N-dealkylation sites (tertiary alicyclic amines) is 1. The highest BCUT2D eigenvalue weighted by atomic mass is 32.2. The molecule has 1 saturated heterocycles. The van der Waals surface area contributed by atoms with E-state index in [-0.39, 0.29) is 0 Å². The molecule has 1 saturated carbocycles. The average Bonchev–Trinajstić information content (AvgIpc) is 3.20. The van der Waals surface area contributed by atoms with Gasteiger partial charge in [0, 0.05) is 26.7 Å². The summed E-state index contributed by atoms with van der Waals surface area (Å²) in [6, 6.07) is 0. The average molecular weight is 379 g/mol. The molecule has 0 bridgehead atoms. The third kappa shape index (κ3) is 4.72. The minimum Gasteiger partial charge on any atom is -0.356 e. The van der Waals surface area contributed by atoms with Crippen molar-refractivity contribution >= 4 is 17.7 Å². The molecule has 1 aromatic rings. The van der Waals surface area contributed by atoms with Gasteiger partial charge >= 0.3 is 0 Å². The van der Waals surface area contributed by atoms with Crippen LogP contribution >= 0.6 is 11.8 Å². The van der Waals surface area contributed by atoms with Gasteiger partial charge in [0.2, 0.25) is 0 Å². The number of rotatable bonds is 6. The van der Waals surface area contributed by atoms with E-state index in [0.29, 0.717) is 12.0 Å². The Labute approximate surface area is 162 Å². The van der Waals surface area contributed by atoms with Crippen LogP contribution in [0.4, 0.5) is 0 Å². The molecule has 0 radical (unpaired) electrons. The highest BCUT2D eigenvalue weighted by molar-refractivity contribution is 7.98. The van der Waals surface area contributed by atoms with E-state index < -0.39 is 0 Å². The van der Waals surface area contributed by atoms with Gasteiger partial charge in [-0.3, -0.25) is 0 Å². The minimum absolute atomic E-state index is 0.543.